The summed E-state index contributed by atoms with van der Waals surface area (Å²) in [4.78, 5) is 45.9. The molecule has 3 atom stereocenters. The molecule has 0 aliphatic rings. The van der Waals surface area contributed by atoms with E-state index >= 15 is 0 Å². The molecule has 0 fully saturated rings. The van der Waals surface area contributed by atoms with Gasteiger partial charge in [-0.25, -0.2) is 4.57 Å². The molecule has 0 aromatic heterocycles. The summed E-state index contributed by atoms with van der Waals surface area (Å²) in [6.07, 6.45) is 45.5. The molecule has 0 amide bonds. The van der Waals surface area contributed by atoms with E-state index in [9.17, 15) is 23.8 Å². The van der Waals surface area contributed by atoms with Crippen molar-refractivity contribution >= 4 is 25.7 Å². The highest BCUT2D eigenvalue weighted by Crippen LogP contribution is 2.43. The lowest BCUT2D eigenvalue weighted by Crippen LogP contribution is -2.34. The minimum atomic E-state index is -4.73. The smallest absolute Gasteiger partial charge is 0.472 e. The zero-order valence-corrected chi connectivity index (χ0v) is 35.3. The monoisotopic (exact) mass is 808 g/mol. The van der Waals surface area contributed by atoms with Gasteiger partial charge in [-0.15, -0.1) is 0 Å². The quantitative estimate of drug-likeness (QED) is 0.0235. The van der Waals surface area contributed by atoms with Gasteiger partial charge in [-0.05, 0) is 77.0 Å². The number of nitrogens with two attached hydrogens (primary N) is 1. The topological polar surface area (TPSA) is 172 Å². The van der Waals surface area contributed by atoms with E-state index in [0.29, 0.717) is 19.3 Å². The summed E-state index contributed by atoms with van der Waals surface area (Å²) in [6, 6.07) is -1.53. The number of carboxylic acids is 1. The molecule has 0 saturated heterocycles. The second-order valence-corrected chi connectivity index (χ2v) is 15.2. The summed E-state index contributed by atoms with van der Waals surface area (Å²) in [6.45, 7) is 2.59. The molecule has 0 aliphatic heterocycles. The maximum absolute atomic E-state index is 12.6. The minimum absolute atomic E-state index is 0.127. The number of carbonyl (C=O) groups is 3. The van der Waals surface area contributed by atoms with Gasteiger partial charge < -0.3 is 25.2 Å². The average Bonchev–Trinajstić information content (AvgIpc) is 3.17. The zero-order valence-electron chi connectivity index (χ0n) is 34.4. The predicted octanol–water partition coefficient (Wildman–Crippen LogP) is 10.9. The van der Waals surface area contributed by atoms with Gasteiger partial charge in [-0.2, -0.15) is 0 Å². The van der Waals surface area contributed by atoms with E-state index in [4.69, 9.17) is 24.8 Å². The molecule has 0 rings (SSSR count). The largest absolute Gasteiger partial charge is 0.480 e. The van der Waals surface area contributed by atoms with Crippen molar-refractivity contribution in [3.63, 3.8) is 0 Å². The van der Waals surface area contributed by atoms with Crippen LogP contribution in [0.15, 0.2) is 72.9 Å². The van der Waals surface area contributed by atoms with Crippen LogP contribution in [-0.4, -0.2) is 59.9 Å². The van der Waals surface area contributed by atoms with Crippen molar-refractivity contribution in [2.45, 2.75) is 167 Å². The Labute approximate surface area is 338 Å². The van der Waals surface area contributed by atoms with Crippen LogP contribution >= 0.6 is 7.82 Å². The standard InChI is InChI=1S/C44H74NO10P/c1-3-5-7-9-11-13-15-17-19-20-22-23-25-27-29-31-33-35-42(46)52-37-40(38-53-56(50,51)54-39-41(45)44(48)49)55-43(47)36-34-32-30-28-26-24-21-18-16-14-12-10-8-6-4-2/h6,8,12,14,17-19,21-23,27,29,40-41H,3-5,7,9-11,13,15-16,20,24-26,28,30-39,45H2,1-2H3,(H,48,49)(H,50,51)/b8-6-,14-12-,19-17-,21-18-,23-22-,29-27-/t40-,41+/m1/s1. The van der Waals surface area contributed by atoms with Crippen LogP contribution in [0.1, 0.15) is 155 Å². The van der Waals surface area contributed by atoms with Gasteiger partial charge in [0.15, 0.2) is 6.10 Å². The lowest BCUT2D eigenvalue weighted by molar-refractivity contribution is -0.161. The lowest BCUT2D eigenvalue weighted by atomic mass is 10.1. The molecule has 0 saturated carbocycles. The molecule has 4 N–H and O–H groups in total. The number of carboxylic acid groups (broad SMARTS) is 1. The van der Waals surface area contributed by atoms with Crippen LogP contribution < -0.4 is 5.73 Å². The van der Waals surface area contributed by atoms with E-state index in [-0.39, 0.29) is 19.4 Å². The van der Waals surface area contributed by atoms with Crippen LogP contribution in [0.2, 0.25) is 0 Å². The maximum Gasteiger partial charge on any atom is 0.472 e. The molecule has 1 unspecified atom stereocenters. The van der Waals surface area contributed by atoms with Crippen molar-refractivity contribution in [1.82, 2.24) is 0 Å². The minimum Gasteiger partial charge on any atom is -0.480 e. The number of allylic oxidation sites excluding steroid dienone is 12. The van der Waals surface area contributed by atoms with Gasteiger partial charge in [0.2, 0.25) is 0 Å². The summed E-state index contributed by atoms with van der Waals surface area (Å²) in [5, 5.41) is 8.88. The fourth-order valence-electron chi connectivity index (χ4n) is 5.15. The number of esters is 2. The molecule has 0 heterocycles. The van der Waals surface area contributed by atoms with Crippen LogP contribution in [0.25, 0.3) is 0 Å². The van der Waals surface area contributed by atoms with Crippen molar-refractivity contribution in [2.24, 2.45) is 5.73 Å². The van der Waals surface area contributed by atoms with E-state index in [0.717, 1.165) is 70.6 Å². The molecule has 0 spiro atoms. The molecule has 11 nitrogen and oxygen atoms in total. The van der Waals surface area contributed by atoms with Crippen molar-refractivity contribution in [2.75, 3.05) is 19.8 Å². The fourth-order valence-corrected chi connectivity index (χ4v) is 5.93. The summed E-state index contributed by atoms with van der Waals surface area (Å²) in [5.41, 5.74) is 5.32. The summed E-state index contributed by atoms with van der Waals surface area (Å²) < 4.78 is 32.6. The van der Waals surface area contributed by atoms with Crippen LogP contribution in [0.3, 0.4) is 0 Å². The first-order chi connectivity index (χ1) is 27.1. The van der Waals surface area contributed by atoms with E-state index in [1.165, 1.54) is 38.5 Å². The first-order valence-electron chi connectivity index (χ1n) is 21.0. The lowest BCUT2D eigenvalue weighted by Gasteiger charge is -2.20. The van der Waals surface area contributed by atoms with Crippen molar-refractivity contribution in [3.05, 3.63) is 72.9 Å². The normalized spacial score (nSPS) is 14.5. The second-order valence-electron chi connectivity index (χ2n) is 13.7. The first-order valence-corrected chi connectivity index (χ1v) is 22.5. The fraction of sp³-hybridized carbons (Fsp3) is 0.659. The van der Waals surface area contributed by atoms with Crippen molar-refractivity contribution in [1.29, 1.82) is 0 Å². The van der Waals surface area contributed by atoms with Gasteiger partial charge in [0, 0.05) is 12.8 Å². The Bertz CT molecular complexity index is 1230. The zero-order chi connectivity index (χ0) is 41.4. The molecular formula is C44H74NO10P. The molecule has 0 aliphatic carbocycles. The molecule has 0 aromatic carbocycles. The Morgan fingerprint density at radius 2 is 1.02 bits per heavy atom. The van der Waals surface area contributed by atoms with Crippen LogP contribution in [0.5, 0.6) is 0 Å². The summed E-state index contributed by atoms with van der Waals surface area (Å²) in [5.74, 6) is -2.48. The molecule has 0 aromatic rings. The number of phosphoric acid groups is 1. The Hall–Kier alpha value is -3.08. The first kappa shape index (κ1) is 52.9. The van der Waals surface area contributed by atoms with Gasteiger partial charge in [-0.1, -0.05) is 138 Å². The van der Waals surface area contributed by atoms with E-state index in [1.807, 2.05) is 6.08 Å². The third-order valence-electron chi connectivity index (χ3n) is 8.44. The van der Waals surface area contributed by atoms with E-state index < -0.39 is 51.1 Å². The molecule has 0 radical (unpaired) electrons. The average molecular weight is 808 g/mol. The Morgan fingerprint density at radius 3 is 1.55 bits per heavy atom. The van der Waals surface area contributed by atoms with Crippen LogP contribution in [0.4, 0.5) is 0 Å². The highest BCUT2D eigenvalue weighted by Gasteiger charge is 2.28. The molecule has 0 bridgehead atoms. The number of phosphoric ester groups is 1. The number of carbonyl (C=O) groups excluding carboxylic acids is 2. The van der Waals surface area contributed by atoms with Crippen molar-refractivity contribution in [3.8, 4) is 0 Å². The third-order valence-corrected chi connectivity index (χ3v) is 9.39. The van der Waals surface area contributed by atoms with Crippen molar-refractivity contribution < 1.29 is 47.5 Å². The number of rotatable bonds is 38. The molecule has 320 valence electrons. The van der Waals surface area contributed by atoms with Crippen LogP contribution in [-0.2, 0) is 37.5 Å². The number of hydrogen-bond donors (Lipinski definition) is 3. The second kappa shape index (κ2) is 38.8. The van der Waals surface area contributed by atoms with Gasteiger partial charge >= 0.3 is 25.7 Å². The Kier molecular flexibility index (Phi) is 36.6. The van der Waals surface area contributed by atoms with Gasteiger partial charge in [-0.3, -0.25) is 23.4 Å². The summed E-state index contributed by atoms with van der Waals surface area (Å²) in [7, 11) is -4.73. The number of ether oxygens (including phenoxy) is 2. The number of unbranched alkanes of at least 4 members (excludes halogenated alkanes) is 12. The molecular weight excluding hydrogens is 733 g/mol. The van der Waals surface area contributed by atoms with Crippen LogP contribution in [0, 0.1) is 0 Å². The summed E-state index contributed by atoms with van der Waals surface area (Å²) >= 11 is 0. The van der Waals surface area contributed by atoms with Gasteiger partial charge in [0.1, 0.15) is 12.6 Å². The Balaban J connectivity index is 4.51. The SMILES string of the molecule is CC/C=C\C/C=C\C/C=C\CCCCCCCC(=O)O[C@H](COC(=O)CCC/C=C\C/C=C\C/C=C\CCCCCCCC)COP(=O)(O)OC[C@H](N)C(=O)O. The van der Waals surface area contributed by atoms with Gasteiger partial charge in [0.25, 0.3) is 0 Å². The number of aliphatic carboxylic acids is 1. The molecule has 12 heteroatoms. The molecule has 56 heavy (non-hydrogen) atoms. The highest BCUT2D eigenvalue weighted by molar-refractivity contribution is 7.47. The van der Waals surface area contributed by atoms with E-state index in [1.54, 1.807) is 0 Å². The third kappa shape index (κ3) is 37.8. The maximum atomic E-state index is 12.6. The predicted molar refractivity (Wildman–Crippen MR) is 226 cm³/mol. The highest BCUT2D eigenvalue weighted by atomic mass is 31.2. The Morgan fingerprint density at radius 1 is 0.571 bits per heavy atom. The number of hydrogen-bond acceptors (Lipinski definition) is 9. The van der Waals surface area contributed by atoms with E-state index in [2.05, 4.69) is 85.2 Å². The van der Waals surface area contributed by atoms with Gasteiger partial charge in [0.05, 0.1) is 13.2 Å².